The third-order valence-electron chi connectivity index (χ3n) is 6.49. The van der Waals surface area contributed by atoms with E-state index in [4.69, 9.17) is 18.9 Å². The van der Waals surface area contributed by atoms with Crippen molar-refractivity contribution in [2.75, 3.05) is 47.5 Å². The Morgan fingerprint density at radius 3 is 2.03 bits per heavy atom. The molecule has 0 aliphatic rings. The summed E-state index contributed by atoms with van der Waals surface area (Å²) in [5, 5.41) is 18.7. The number of aliphatic hydroxyl groups excluding tert-OH is 1. The number of carboxylic acids is 1. The molecule has 3 atom stereocenters. The molecule has 0 aliphatic carbocycles. The highest BCUT2D eigenvalue weighted by Crippen LogP contribution is 2.41. The van der Waals surface area contributed by atoms with Crippen molar-refractivity contribution in [3.8, 4) is 0 Å². The van der Waals surface area contributed by atoms with Crippen LogP contribution in [-0.2, 0) is 23.1 Å². The highest BCUT2D eigenvalue weighted by molar-refractivity contribution is 7.45. The van der Waals surface area contributed by atoms with Crippen molar-refractivity contribution in [1.82, 2.24) is 0 Å². The molecule has 0 saturated heterocycles. The number of phosphoric ester groups is 1. The second kappa shape index (κ2) is 23.9. The average Bonchev–Trinajstić information content (AvgIpc) is 2.84. The van der Waals surface area contributed by atoms with Crippen LogP contribution in [0.5, 0.6) is 0 Å². The molecule has 0 aromatic carbocycles. The SMILES string of the molecule is CCCCCC/C=C\CCCCCCCCC(OP(=O)([O-])OCC[N+](C)(C)C)[C@H](CO)OCCCCC(=O)O. The number of hydrogen-bond donors (Lipinski definition) is 2. The van der Waals surface area contributed by atoms with Crippen LogP contribution >= 0.6 is 7.82 Å². The zero-order valence-electron chi connectivity index (χ0n) is 25.2. The van der Waals surface area contributed by atoms with Gasteiger partial charge < -0.3 is 33.4 Å². The minimum absolute atomic E-state index is 0.00484. The van der Waals surface area contributed by atoms with Crippen LogP contribution in [0.25, 0.3) is 0 Å². The van der Waals surface area contributed by atoms with E-state index in [-0.39, 0.29) is 19.6 Å². The van der Waals surface area contributed by atoms with Gasteiger partial charge in [0.2, 0.25) is 0 Å². The van der Waals surface area contributed by atoms with Gasteiger partial charge in [-0.15, -0.1) is 0 Å². The predicted octanol–water partition coefficient (Wildman–Crippen LogP) is 5.84. The Kier molecular flexibility index (Phi) is 23.4. The van der Waals surface area contributed by atoms with Crippen molar-refractivity contribution in [2.24, 2.45) is 0 Å². The topological polar surface area (TPSA) is 125 Å². The Morgan fingerprint density at radius 1 is 0.872 bits per heavy atom. The zero-order chi connectivity index (χ0) is 29.4. The van der Waals surface area contributed by atoms with Gasteiger partial charge in [0.25, 0.3) is 7.82 Å². The van der Waals surface area contributed by atoms with Crippen molar-refractivity contribution in [3.63, 3.8) is 0 Å². The van der Waals surface area contributed by atoms with E-state index in [0.717, 1.165) is 32.1 Å². The summed E-state index contributed by atoms with van der Waals surface area (Å²) in [7, 11) is 1.24. The normalized spacial score (nSPS) is 15.4. The van der Waals surface area contributed by atoms with E-state index in [2.05, 4.69) is 19.1 Å². The van der Waals surface area contributed by atoms with Gasteiger partial charge >= 0.3 is 5.97 Å². The summed E-state index contributed by atoms with van der Waals surface area (Å²) in [5.41, 5.74) is 0. The fraction of sp³-hybridized carbons (Fsp3) is 0.897. The molecule has 0 amide bonds. The van der Waals surface area contributed by atoms with Crippen LogP contribution in [0.2, 0.25) is 0 Å². The average molecular weight is 580 g/mol. The van der Waals surface area contributed by atoms with Gasteiger partial charge in [0.15, 0.2) is 0 Å². The first kappa shape index (κ1) is 38.2. The smallest absolute Gasteiger partial charge is 0.303 e. The molecule has 232 valence electrons. The lowest BCUT2D eigenvalue weighted by Gasteiger charge is -2.33. The molecule has 0 spiro atoms. The van der Waals surface area contributed by atoms with Crippen LogP contribution in [0.3, 0.4) is 0 Å². The molecule has 2 N–H and O–H groups in total. The Morgan fingerprint density at radius 2 is 1.46 bits per heavy atom. The quantitative estimate of drug-likeness (QED) is 0.0512. The number of unbranched alkanes of at least 4 members (excludes halogenated alkanes) is 11. The number of aliphatic hydroxyl groups is 1. The Balaban J connectivity index is 4.52. The van der Waals surface area contributed by atoms with E-state index in [1.54, 1.807) is 0 Å². The number of aliphatic carboxylic acids is 1. The maximum Gasteiger partial charge on any atom is 0.303 e. The maximum atomic E-state index is 12.5. The molecule has 0 aromatic heterocycles. The van der Waals surface area contributed by atoms with Crippen molar-refractivity contribution >= 4 is 13.8 Å². The van der Waals surface area contributed by atoms with E-state index in [9.17, 15) is 19.4 Å². The molecule has 0 heterocycles. The maximum absolute atomic E-state index is 12.5. The van der Waals surface area contributed by atoms with Crippen LogP contribution in [0.15, 0.2) is 12.2 Å². The van der Waals surface area contributed by atoms with Gasteiger partial charge in [0, 0.05) is 13.0 Å². The molecule has 9 nitrogen and oxygen atoms in total. The first-order valence-electron chi connectivity index (χ1n) is 15.0. The molecule has 0 aliphatic heterocycles. The molecule has 0 radical (unpaired) electrons. The van der Waals surface area contributed by atoms with Crippen molar-refractivity contribution in [1.29, 1.82) is 0 Å². The second-order valence-electron chi connectivity index (χ2n) is 11.4. The summed E-state index contributed by atoms with van der Waals surface area (Å²) >= 11 is 0. The highest BCUT2D eigenvalue weighted by Gasteiger charge is 2.27. The lowest BCUT2D eigenvalue weighted by molar-refractivity contribution is -0.870. The van der Waals surface area contributed by atoms with Gasteiger partial charge in [-0.25, -0.2) is 0 Å². The van der Waals surface area contributed by atoms with Crippen molar-refractivity contribution < 1.29 is 42.7 Å². The third-order valence-corrected chi connectivity index (χ3v) is 7.52. The van der Waals surface area contributed by atoms with Crippen LogP contribution < -0.4 is 4.89 Å². The Hall–Kier alpha value is -0.800. The fourth-order valence-corrected chi connectivity index (χ4v) is 5.00. The minimum Gasteiger partial charge on any atom is -0.756 e. The second-order valence-corrected chi connectivity index (χ2v) is 12.8. The van der Waals surface area contributed by atoms with E-state index >= 15 is 0 Å². The first-order chi connectivity index (χ1) is 18.5. The number of hydrogen-bond acceptors (Lipinski definition) is 7. The van der Waals surface area contributed by atoms with E-state index in [0.29, 0.717) is 30.3 Å². The molecule has 0 rings (SSSR count). The summed E-state index contributed by atoms with van der Waals surface area (Å²) in [6.07, 6.45) is 18.1. The Bertz CT molecular complexity index is 668. The molecule has 0 fully saturated rings. The molecule has 0 saturated carbocycles. The third kappa shape index (κ3) is 25.9. The molecule has 0 aromatic rings. The number of nitrogens with zero attached hydrogens (tertiary/aromatic N) is 1. The van der Waals surface area contributed by atoms with Gasteiger partial charge in [0.05, 0.1) is 33.9 Å². The number of carbonyl (C=O) groups is 1. The van der Waals surface area contributed by atoms with E-state index in [1.807, 2.05) is 21.1 Å². The number of phosphoric acid groups is 1. The monoisotopic (exact) mass is 579 g/mol. The van der Waals surface area contributed by atoms with E-state index in [1.165, 1.54) is 44.9 Å². The molecule has 0 bridgehead atoms. The summed E-state index contributed by atoms with van der Waals surface area (Å²) in [6.45, 7) is 2.56. The zero-order valence-corrected chi connectivity index (χ0v) is 26.1. The minimum atomic E-state index is -4.58. The molecular weight excluding hydrogens is 521 g/mol. The van der Waals surface area contributed by atoms with Gasteiger partial charge in [0.1, 0.15) is 19.3 Å². The van der Waals surface area contributed by atoms with Crippen LogP contribution in [-0.4, -0.2) is 80.4 Å². The number of allylic oxidation sites excluding steroid dienone is 2. The van der Waals surface area contributed by atoms with Crippen molar-refractivity contribution in [2.45, 2.75) is 122 Å². The fourth-order valence-electron chi connectivity index (χ4n) is 4.06. The number of likely N-dealkylation sites (N-methyl/N-ethyl adjacent to an activating group) is 1. The Labute approximate surface area is 238 Å². The predicted molar refractivity (Wildman–Crippen MR) is 154 cm³/mol. The molecule has 10 heteroatoms. The summed E-state index contributed by atoms with van der Waals surface area (Å²) in [6, 6.07) is 0. The van der Waals surface area contributed by atoms with Crippen molar-refractivity contribution in [3.05, 3.63) is 12.2 Å². The molecular formula is C29H58NO8P. The van der Waals surface area contributed by atoms with Crippen LogP contribution in [0.4, 0.5) is 0 Å². The lowest BCUT2D eigenvalue weighted by Crippen LogP contribution is -2.38. The summed E-state index contributed by atoms with van der Waals surface area (Å²) < 4.78 is 29.3. The van der Waals surface area contributed by atoms with Gasteiger partial charge in [-0.3, -0.25) is 9.36 Å². The van der Waals surface area contributed by atoms with Gasteiger partial charge in [-0.1, -0.05) is 70.4 Å². The first-order valence-corrected chi connectivity index (χ1v) is 16.5. The van der Waals surface area contributed by atoms with E-state index < -0.39 is 32.6 Å². The number of carboxylic acid groups (broad SMARTS) is 1. The summed E-state index contributed by atoms with van der Waals surface area (Å²) in [5.74, 6) is -0.873. The van der Waals surface area contributed by atoms with Crippen LogP contribution in [0, 0.1) is 0 Å². The largest absolute Gasteiger partial charge is 0.756 e. The summed E-state index contributed by atoms with van der Waals surface area (Å²) in [4.78, 5) is 23.2. The standard InChI is InChI=1S/C29H58NO8P/c1-5-6-7-8-9-10-11-12-13-14-15-16-17-18-21-27(28(26-31)36-24-20-19-22-29(32)33)38-39(34,35)37-25-23-30(2,3)4/h10-11,27-28,31H,5-9,12-26H2,1-4H3,(H-,32,33,34,35)/b11-10-/t27?,28-/m0/s1. The number of rotatable bonds is 28. The molecule has 39 heavy (non-hydrogen) atoms. The number of ether oxygens (including phenoxy) is 1. The molecule has 2 unspecified atom stereocenters. The number of quaternary nitrogens is 1. The lowest BCUT2D eigenvalue weighted by atomic mass is 10.0. The van der Waals surface area contributed by atoms with Gasteiger partial charge in [-0.05, 0) is 44.9 Å². The highest BCUT2D eigenvalue weighted by atomic mass is 31.2. The van der Waals surface area contributed by atoms with Crippen LogP contribution in [0.1, 0.15) is 110 Å². The van der Waals surface area contributed by atoms with Gasteiger partial charge in [-0.2, -0.15) is 0 Å².